The van der Waals surface area contributed by atoms with Gasteiger partial charge in [-0.3, -0.25) is 10.1 Å². The fourth-order valence-electron chi connectivity index (χ4n) is 2.89. The Balaban J connectivity index is 2.80. The largest absolute Gasteiger partial charge is 0.323 e. The molecule has 0 spiro atoms. The lowest BCUT2D eigenvalue weighted by Crippen LogP contribution is -2.46. The molecule has 1 rings (SSSR count). The maximum absolute atomic E-state index is 12.5. The van der Waals surface area contributed by atoms with Crippen LogP contribution < -0.4 is 5.32 Å². The van der Waals surface area contributed by atoms with Gasteiger partial charge in [0.15, 0.2) is 0 Å². The Morgan fingerprint density at radius 3 is 2.28 bits per heavy atom. The molecular weight excluding hydrogens is 224 g/mol. The van der Waals surface area contributed by atoms with Crippen molar-refractivity contribution >= 4 is 5.91 Å². The second kappa shape index (κ2) is 7.13. The molecule has 1 amide bonds. The van der Waals surface area contributed by atoms with E-state index >= 15 is 0 Å². The molecule has 0 aromatic heterocycles. The highest BCUT2D eigenvalue weighted by Crippen LogP contribution is 2.25. The molecule has 1 N–H and O–H groups in total. The smallest absolute Gasteiger partial charge is 0.241 e. The molecule has 0 saturated carbocycles. The Hall–Kier alpha value is -0.570. The molecule has 1 aliphatic heterocycles. The van der Waals surface area contributed by atoms with Crippen molar-refractivity contribution in [2.75, 3.05) is 0 Å². The van der Waals surface area contributed by atoms with E-state index in [4.69, 9.17) is 0 Å². The van der Waals surface area contributed by atoms with Crippen molar-refractivity contribution < 1.29 is 4.79 Å². The van der Waals surface area contributed by atoms with E-state index in [1.807, 2.05) is 0 Å². The summed E-state index contributed by atoms with van der Waals surface area (Å²) in [5, 5.41) is 3.55. The summed E-state index contributed by atoms with van der Waals surface area (Å²) in [7, 11) is 0. The number of hydrogen-bond donors (Lipinski definition) is 1. The second-order valence-electron chi connectivity index (χ2n) is 5.77. The van der Waals surface area contributed by atoms with Gasteiger partial charge in [-0.05, 0) is 25.2 Å². The third-order valence-electron chi connectivity index (χ3n) is 4.04. The van der Waals surface area contributed by atoms with Crippen LogP contribution in [-0.2, 0) is 4.79 Å². The summed E-state index contributed by atoms with van der Waals surface area (Å²) in [5.74, 6) is 0.803. The van der Waals surface area contributed by atoms with Crippen molar-refractivity contribution in [3.63, 3.8) is 0 Å². The SMILES string of the molecule is CCCCC1NC(C(C)C)N(C(CC)CC)C1=O. The van der Waals surface area contributed by atoms with Crippen LogP contribution in [0.15, 0.2) is 0 Å². The number of hydrogen-bond acceptors (Lipinski definition) is 2. The summed E-state index contributed by atoms with van der Waals surface area (Å²) in [5.41, 5.74) is 0. The van der Waals surface area contributed by atoms with Crippen LogP contribution in [0.3, 0.4) is 0 Å². The minimum Gasteiger partial charge on any atom is -0.323 e. The third kappa shape index (κ3) is 3.25. The standard InChI is InChI=1S/C15H30N2O/c1-6-9-10-13-15(18)17(12(7-2)8-3)14(16-13)11(4)5/h11-14,16H,6-10H2,1-5H3. The molecule has 1 saturated heterocycles. The topological polar surface area (TPSA) is 32.3 Å². The molecule has 0 aliphatic carbocycles. The molecule has 0 radical (unpaired) electrons. The van der Waals surface area contributed by atoms with Crippen LogP contribution in [0.25, 0.3) is 0 Å². The first-order valence-electron chi connectivity index (χ1n) is 7.64. The Morgan fingerprint density at radius 1 is 1.22 bits per heavy atom. The Labute approximate surface area is 112 Å². The van der Waals surface area contributed by atoms with E-state index < -0.39 is 0 Å². The van der Waals surface area contributed by atoms with Crippen molar-refractivity contribution in [1.29, 1.82) is 0 Å². The van der Waals surface area contributed by atoms with Gasteiger partial charge in [0.05, 0.1) is 12.2 Å². The summed E-state index contributed by atoms with van der Waals surface area (Å²) in [6.07, 6.45) is 5.59. The van der Waals surface area contributed by atoms with Crippen LogP contribution in [-0.4, -0.2) is 29.1 Å². The van der Waals surface area contributed by atoms with Gasteiger partial charge in [-0.25, -0.2) is 0 Å². The minimum atomic E-state index is 0.0537. The van der Waals surface area contributed by atoms with Gasteiger partial charge in [-0.15, -0.1) is 0 Å². The van der Waals surface area contributed by atoms with Crippen LogP contribution in [0.4, 0.5) is 0 Å². The highest BCUT2D eigenvalue weighted by Gasteiger charge is 2.42. The maximum Gasteiger partial charge on any atom is 0.241 e. The zero-order valence-electron chi connectivity index (χ0n) is 12.7. The van der Waals surface area contributed by atoms with E-state index in [2.05, 4.69) is 44.8 Å². The number of nitrogens with one attached hydrogen (secondary N) is 1. The number of carbonyl (C=O) groups is 1. The van der Waals surface area contributed by atoms with Gasteiger partial charge < -0.3 is 4.90 Å². The minimum absolute atomic E-state index is 0.0537. The number of unbranched alkanes of at least 4 members (excludes halogenated alkanes) is 1. The predicted octanol–water partition coefficient (Wildman–Crippen LogP) is 3.15. The highest BCUT2D eigenvalue weighted by atomic mass is 16.2. The Morgan fingerprint density at radius 2 is 1.83 bits per heavy atom. The van der Waals surface area contributed by atoms with E-state index in [-0.39, 0.29) is 12.2 Å². The first-order valence-corrected chi connectivity index (χ1v) is 7.64. The fourth-order valence-corrected chi connectivity index (χ4v) is 2.89. The third-order valence-corrected chi connectivity index (χ3v) is 4.04. The molecular formula is C15H30N2O. The van der Waals surface area contributed by atoms with Crippen LogP contribution in [0.1, 0.15) is 66.7 Å². The van der Waals surface area contributed by atoms with Gasteiger partial charge in [-0.2, -0.15) is 0 Å². The molecule has 1 aliphatic rings. The van der Waals surface area contributed by atoms with Crippen molar-refractivity contribution in [2.24, 2.45) is 5.92 Å². The van der Waals surface area contributed by atoms with E-state index in [1.54, 1.807) is 0 Å². The van der Waals surface area contributed by atoms with Crippen molar-refractivity contribution in [1.82, 2.24) is 10.2 Å². The van der Waals surface area contributed by atoms with E-state index in [9.17, 15) is 4.79 Å². The molecule has 0 bridgehead atoms. The first kappa shape index (κ1) is 15.5. The summed E-state index contributed by atoms with van der Waals surface area (Å²) in [4.78, 5) is 14.7. The normalized spacial score (nSPS) is 24.6. The number of amides is 1. The Kier molecular flexibility index (Phi) is 6.13. The summed E-state index contributed by atoms with van der Waals surface area (Å²) < 4.78 is 0. The first-order chi connectivity index (χ1) is 8.56. The molecule has 18 heavy (non-hydrogen) atoms. The van der Waals surface area contributed by atoms with Gasteiger partial charge >= 0.3 is 0 Å². The Bertz CT molecular complexity index is 261. The van der Waals surface area contributed by atoms with Gasteiger partial charge in [0.25, 0.3) is 0 Å². The molecule has 3 heteroatoms. The lowest BCUT2D eigenvalue weighted by molar-refractivity contribution is -0.133. The molecule has 2 atom stereocenters. The quantitative estimate of drug-likeness (QED) is 0.757. The summed E-state index contributed by atoms with van der Waals surface area (Å²) in [6, 6.07) is 0.446. The highest BCUT2D eigenvalue weighted by molar-refractivity contribution is 5.84. The van der Waals surface area contributed by atoms with Crippen LogP contribution in [0, 0.1) is 5.92 Å². The summed E-state index contributed by atoms with van der Waals surface area (Å²) >= 11 is 0. The van der Waals surface area contributed by atoms with Crippen molar-refractivity contribution in [3.05, 3.63) is 0 Å². The second-order valence-corrected chi connectivity index (χ2v) is 5.77. The predicted molar refractivity (Wildman–Crippen MR) is 76.3 cm³/mol. The number of nitrogens with zero attached hydrogens (tertiary/aromatic N) is 1. The zero-order valence-corrected chi connectivity index (χ0v) is 12.7. The van der Waals surface area contributed by atoms with Gasteiger partial charge in [-0.1, -0.05) is 47.5 Å². The average molecular weight is 254 g/mol. The lowest BCUT2D eigenvalue weighted by atomic mass is 10.1. The molecule has 1 heterocycles. The van der Waals surface area contributed by atoms with Crippen LogP contribution in [0.5, 0.6) is 0 Å². The monoisotopic (exact) mass is 254 g/mol. The van der Waals surface area contributed by atoms with Gasteiger partial charge in [0.1, 0.15) is 0 Å². The summed E-state index contributed by atoms with van der Waals surface area (Å²) in [6.45, 7) is 10.9. The van der Waals surface area contributed by atoms with E-state index in [1.165, 1.54) is 0 Å². The van der Waals surface area contributed by atoms with Crippen molar-refractivity contribution in [2.45, 2.75) is 85.0 Å². The fraction of sp³-hybridized carbons (Fsp3) is 0.933. The average Bonchev–Trinajstić information content (AvgIpc) is 2.67. The maximum atomic E-state index is 12.5. The molecule has 0 aromatic rings. The molecule has 1 fully saturated rings. The lowest BCUT2D eigenvalue weighted by Gasteiger charge is -2.33. The molecule has 106 valence electrons. The number of rotatable bonds is 7. The van der Waals surface area contributed by atoms with E-state index in [0.717, 1.165) is 32.1 Å². The van der Waals surface area contributed by atoms with Crippen LogP contribution in [0.2, 0.25) is 0 Å². The molecule has 3 nitrogen and oxygen atoms in total. The van der Waals surface area contributed by atoms with Crippen LogP contribution >= 0.6 is 0 Å². The molecule has 0 aromatic carbocycles. The van der Waals surface area contributed by atoms with E-state index in [0.29, 0.717) is 17.9 Å². The van der Waals surface area contributed by atoms with Crippen molar-refractivity contribution in [3.8, 4) is 0 Å². The number of carbonyl (C=O) groups excluding carboxylic acids is 1. The molecule has 2 unspecified atom stereocenters. The zero-order chi connectivity index (χ0) is 13.7. The van der Waals surface area contributed by atoms with Gasteiger partial charge in [0.2, 0.25) is 5.91 Å². The van der Waals surface area contributed by atoms with Gasteiger partial charge in [0, 0.05) is 6.04 Å².